The largest absolute Gasteiger partial charge is 0.496 e. The van der Waals surface area contributed by atoms with Gasteiger partial charge in [-0.3, -0.25) is 14.5 Å². The standard InChI is InChI=1S/C31H37N3O5/c1-20(33(5)30(37)39-31(2,3)4)28(35)32-25-17-15-22-12-8-10-14-26(22)34(29(25)36)19-24-23-13-9-7-11-21(23)16-18-27(24)38-6/h7-14,16,18,20,25H,15,17,19H2,1-6H3,(H,32,35)/t20-,25-/m0/s1. The number of anilines is 1. The van der Waals surface area contributed by atoms with Crippen molar-refractivity contribution in [3.8, 4) is 5.75 Å². The van der Waals surface area contributed by atoms with E-state index in [1.807, 2.05) is 60.7 Å². The number of para-hydroxylation sites is 1. The second kappa shape index (κ2) is 11.4. The van der Waals surface area contributed by atoms with Gasteiger partial charge in [-0.05, 0) is 69.0 Å². The summed E-state index contributed by atoms with van der Waals surface area (Å²) < 4.78 is 11.1. The number of hydrogen-bond acceptors (Lipinski definition) is 5. The van der Waals surface area contributed by atoms with E-state index in [1.165, 1.54) is 11.9 Å². The molecule has 1 aliphatic heterocycles. The molecular formula is C31H37N3O5. The molecule has 0 aromatic heterocycles. The second-order valence-corrected chi connectivity index (χ2v) is 10.9. The van der Waals surface area contributed by atoms with Crippen molar-refractivity contribution >= 4 is 34.4 Å². The Labute approximate surface area is 229 Å². The highest BCUT2D eigenvalue weighted by molar-refractivity contribution is 6.02. The Morgan fingerprint density at radius 2 is 1.77 bits per heavy atom. The lowest BCUT2D eigenvalue weighted by Gasteiger charge is -2.30. The maximum absolute atomic E-state index is 14.1. The van der Waals surface area contributed by atoms with Crippen molar-refractivity contribution in [3.63, 3.8) is 0 Å². The summed E-state index contributed by atoms with van der Waals surface area (Å²) in [5, 5.41) is 4.96. The van der Waals surface area contributed by atoms with Crippen molar-refractivity contribution in [2.75, 3.05) is 19.1 Å². The van der Waals surface area contributed by atoms with Crippen molar-refractivity contribution < 1.29 is 23.9 Å². The Balaban J connectivity index is 1.63. The molecule has 0 saturated heterocycles. The molecule has 2 atom stereocenters. The van der Waals surface area contributed by atoms with Crippen LogP contribution in [0.15, 0.2) is 60.7 Å². The first-order chi connectivity index (χ1) is 18.5. The van der Waals surface area contributed by atoms with Crippen LogP contribution >= 0.6 is 0 Å². The van der Waals surface area contributed by atoms with E-state index < -0.39 is 29.7 Å². The normalized spacial score (nSPS) is 16.2. The van der Waals surface area contributed by atoms with Crippen LogP contribution in [0, 0.1) is 0 Å². The minimum atomic E-state index is -0.829. The predicted octanol–water partition coefficient (Wildman–Crippen LogP) is 5.07. The lowest BCUT2D eigenvalue weighted by atomic mass is 10.0. The fourth-order valence-corrected chi connectivity index (χ4v) is 4.80. The molecule has 3 amide bonds. The number of hydrogen-bond donors (Lipinski definition) is 1. The first kappa shape index (κ1) is 28.0. The van der Waals surface area contributed by atoms with Gasteiger partial charge >= 0.3 is 6.09 Å². The first-order valence-corrected chi connectivity index (χ1v) is 13.2. The molecule has 0 fully saturated rings. The zero-order valence-corrected chi connectivity index (χ0v) is 23.5. The Morgan fingerprint density at radius 3 is 2.49 bits per heavy atom. The van der Waals surface area contributed by atoms with Crippen LogP contribution < -0.4 is 15.0 Å². The zero-order chi connectivity index (χ0) is 28.3. The molecule has 1 N–H and O–H groups in total. The van der Waals surface area contributed by atoms with Crippen LogP contribution in [0.3, 0.4) is 0 Å². The first-order valence-electron chi connectivity index (χ1n) is 13.2. The van der Waals surface area contributed by atoms with Gasteiger partial charge in [0, 0.05) is 18.3 Å². The van der Waals surface area contributed by atoms with Crippen molar-refractivity contribution in [1.29, 1.82) is 0 Å². The Bertz CT molecular complexity index is 1380. The monoisotopic (exact) mass is 531 g/mol. The minimum Gasteiger partial charge on any atom is -0.496 e. The average Bonchev–Trinajstić information content (AvgIpc) is 3.03. The lowest BCUT2D eigenvalue weighted by molar-refractivity contribution is -0.130. The predicted molar refractivity (Wildman–Crippen MR) is 152 cm³/mol. The topological polar surface area (TPSA) is 88.2 Å². The Morgan fingerprint density at radius 1 is 1.08 bits per heavy atom. The van der Waals surface area contributed by atoms with Crippen LogP contribution in [0.2, 0.25) is 0 Å². The number of carbonyl (C=O) groups excluding carboxylic acids is 3. The molecule has 0 radical (unpaired) electrons. The third kappa shape index (κ3) is 6.16. The number of amides is 3. The summed E-state index contributed by atoms with van der Waals surface area (Å²) in [5.74, 6) is 0.0576. The summed E-state index contributed by atoms with van der Waals surface area (Å²) in [4.78, 5) is 42.8. The molecule has 39 heavy (non-hydrogen) atoms. The van der Waals surface area contributed by atoms with Gasteiger partial charge in [0.1, 0.15) is 23.4 Å². The van der Waals surface area contributed by atoms with E-state index >= 15 is 0 Å². The van der Waals surface area contributed by atoms with Crippen molar-refractivity contribution in [3.05, 3.63) is 71.8 Å². The fraction of sp³-hybridized carbons (Fsp3) is 0.387. The zero-order valence-electron chi connectivity index (χ0n) is 23.5. The quantitative estimate of drug-likeness (QED) is 0.480. The van der Waals surface area contributed by atoms with Crippen LogP contribution in [0.4, 0.5) is 10.5 Å². The summed E-state index contributed by atoms with van der Waals surface area (Å²) in [6.45, 7) is 7.20. The molecule has 1 aliphatic rings. The fourth-order valence-electron chi connectivity index (χ4n) is 4.80. The lowest BCUT2D eigenvalue weighted by Crippen LogP contribution is -2.54. The highest BCUT2D eigenvalue weighted by Gasteiger charge is 2.34. The molecule has 1 heterocycles. The summed E-state index contributed by atoms with van der Waals surface area (Å²) in [6.07, 6.45) is 0.453. The van der Waals surface area contributed by atoms with E-state index in [2.05, 4.69) is 5.32 Å². The number of fused-ring (bicyclic) bond motifs is 2. The maximum Gasteiger partial charge on any atom is 0.410 e. The summed E-state index contributed by atoms with van der Waals surface area (Å²) in [5.41, 5.74) is 2.05. The molecule has 206 valence electrons. The molecule has 3 aromatic rings. The van der Waals surface area contributed by atoms with E-state index in [-0.39, 0.29) is 12.5 Å². The summed E-state index contributed by atoms with van der Waals surface area (Å²) in [7, 11) is 3.14. The number of ether oxygens (including phenoxy) is 2. The Hall–Kier alpha value is -4.07. The maximum atomic E-state index is 14.1. The van der Waals surface area contributed by atoms with Gasteiger partial charge in [0.05, 0.1) is 13.7 Å². The SMILES string of the molecule is COc1ccc2ccccc2c1CN1C(=O)[C@@H](NC(=O)[C@H](C)N(C)C(=O)OC(C)(C)C)CCc2ccccc21. The van der Waals surface area contributed by atoms with Crippen LogP contribution in [-0.4, -0.2) is 54.6 Å². The smallest absolute Gasteiger partial charge is 0.410 e. The summed E-state index contributed by atoms with van der Waals surface area (Å²) in [6, 6.07) is 18.1. The van der Waals surface area contributed by atoms with E-state index in [0.29, 0.717) is 18.6 Å². The van der Waals surface area contributed by atoms with Crippen molar-refractivity contribution in [2.24, 2.45) is 0 Å². The van der Waals surface area contributed by atoms with Crippen LogP contribution in [0.25, 0.3) is 10.8 Å². The number of nitrogens with zero attached hydrogens (tertiary/aromatic N) is 2. The number of carbonyl (C=O) groups is 3. The van der Waals surface area contributed by atoms with Crippen LogP contribution in [0.1, 0.15) is 45.2 Å². The van der Waals surface area contributed by atoms with Crippen LogP contribution in [0.5, 0.6) is 5.75 Å². The molecule has 0 spiro atoms. The van der Waals surface area contributed by atoms with E-state index in [9.17, 15) is 14.4 Å². The number of likely N-dealkylation sites (N-methyl/N-ethyl adjacent to an activating group) is 1. The highest BCUT2D eigenvalue weighted by atomic mass is 16.6. The molecule has 8 nitrogen and oxygen atoms in total. The van der Waals surface area contributed by atoms with Gasteiger partial charge in [-0.1, -0.05) is 48.5 Å². The molecule has 0 bridgehead atoms. The van der Waals surface area contributed by atoms with Gasteiger partial charge < -0.3 is 19.7 Å². The van der Waals surface area contributed by atoms with Gasteiger partial charge in [0.2, 0.25) is 11.8 Å². The van der Waals surface area contributed by atoms with E-state index in [1.54, 1.807) is 39.7 Å². The molecule has 0 unspecified atom stereocenters. The van der Waals surface area contributed by atoms with Gasteiger partial charge in [-0.2, -0.15) is 0 Å². The molecule has 0 aliphatic carbocycles. The molecular weight excluding hydrogens is 494 g/mol. The number of aryl methyl sites for hydroxylation is 1. The van der Waals surface area contributed by atoms with Crippen molar-refractivity contribution in [2.45, 2.75) is 64.8 Å². The van der Waals surface area contributed by atoms with Gasteiger partial charge in [-0.15, -0.1) is 0 Å². The van der Waals surface area contributed by atoms with E-state index in [4.69, 9.17) is 9.47 Å². The second-order valence-electron chi connectivity index (χ2n) is 10.9. The number of methoxy groups -OCH3 is 1. The van der Waals surface area contributed by atoms with E-state index in [0.717, 1.165) is 27.6 Å². The minimum absolute atomic E-state index is 0.213. The Kier molecular flexibility index (Phi) is 8.14. The molecule has 8 heteroatoms. The summed E-state index contributed by atoms with van der Waals surface area (Å²) >= 11 is 0. The van der Waals surface area contributed by atoms with Crippen molar-refractivity contribution in [1.82, 2.24) is 10.2 Å². The number of benzene rings is 3. The number of nitrogens with one attached hydrogen (secondary N) is 1. The molecule has 3 aromatic carbocycles. The highest BCUT2D eigenvalue weighted by Crippen LogP contribution is 2.34. The van der Waals surface area contributed by atoms with Gasteiger partial charge in [0.25, 0.3) is 0 Å². The van der Waals surface area contributed by atoms with Crippen LogP contribution in [-0.2, 0) is 27.3 Å². The average molecular weight is 532 g/mol. The third-order valence-corrected chi connectivity index (χ3v) is 7.04. The molecule has 4 rings (SSSR count). The molecule has 0 saturated carbocycles. The van der Waals surface area contributed by atoms with Gasteiger partial charge in [-0.25, -0.2) is 4.79 Å². The van der Waals surface area contributed by atoms with Gasteiger partial charge in [0.15, 0.2) is 0 Å². The third-order valence-electron chi connectivity index (χ3n) is 7.04. The number of rotatable bonds is 6.